The minimum absolute atomic E-state index is 0.0847. The summed E-state index contributed by atoms with van der Waals surface area (Å²) in [6.45, 7) is 5.67. The molecule has 190 valence electrons. The lowest BCUT2D eigenvalue weighted by atomic mass is 10.1. The number of anilines is 1. The second kappa shape index (κ2) is 12.5. The fraction of sp³-hybridized carbons (Fsp3) is 0.400. The van der Waals surface area contributed by atoms with E-state index in [1.54, 1.807) is 51.1 Å². The molecule has 0 aliphatic rings. The van der Waals surface area contributed by atoms with E-state index in [1.807, 2.05) is 6.07 Å². The van der Waals surface area contributed by atoms with Crippen LogP contribution in [0, 0.1) is 0 Å². The summed E-state index contributed by atoms with van der Waals surface area (Å²) in [5.74, 6) is 0.564. The molecule has 0 heterocycles. The predicted octanol–water partition coefficient (Wildman–Crippen LogP) is 3.50. The molecule has 0 unspecified atom stereocenters. The summed E-state index contributed by atoms with van der Waals surface area (Å²) in [6, 6.07) is 10.2. The molecule has 3 N–H and O–H groups in total. The summed E-state index contributed by atoms with van der Waals surface area (Å²) < 4.78 is 21.0. The molecule has 10 nitrogen and oxygen atoms in total. The lowest BCUT2D eigenvalue weighted by Crippen LogP contribution is -2.34. The smallest absolute Gasteiger partial charge is 0.407 e. The standard InChI is InChI=1S/C25H33N3O7/c1-25(2,3)35-24(31)26-11-10-21(29)28-18-9-7-8-16(12-18)15-27-23(30)17-13-19(32-4)22(34-6)20(14-17)33-5/h7-9,12-14H,10-11,15H2,1-6H3,(H,26,31)(H,27,30)(H,28,29). The Kier molecular flexibility index (Phi) is 9.74. The molecule has 2 aromatic carbocycles. The molecule has 3 amide bonds. The zero-order valence-corrected chi connectivity index (χ0v) is 20.9. The predicted molar refractivity (Wildman–Crippen MR) is 131 cm³/mol. The molecule has 2 rings (SSSR count). The first kappa shape index (κ1) is 27.3. The number of carbonyl (C=O) groups excluding carboxylic acids is 3. The number of nitrogens with one attached hydrogen (secondary N) is 3. The number of amides is 3. The Morgan fingerprint density at radius 3 is 2.11 bits per heavy atom. The highest BCUT2D eigenvalue weighted by molar-refractivity contribution is 5.95. The van der Waals surface area contributed by atoms with Gasteiger partial charge in [0, 0.05) is 30.8 Å². The maximum atomic E-state index is 12.7. The number of methoxy groups -OCH3 is 3. The van der Waals surface area contributed by atoms with Crippen LogP contribution in [0.4, 0.5) is 10.5 Å². The highest BCUT2D eigenvalue weighted by atomic mass is 16.6. The van der Waals surface area contributed by atoms with E-state index in [2.05, 4.69) is 16.0 Å². The summed E-state index contributed by atoms with van der Waals surface area (Å²) >= 11 is 0. The van der Waals surface area contributed by atoms with Crippen molar-refractivity contribution in [2.45, 2.75) is 39.3 Å². The van der Waals surface area contributed by atoms with Gasteiger partial charge in [0.25, 0.3) is 5.91 Å². The van der Waals surface area contributed by atoms with Crippen LogP contribution in [-0.4, -0.2) is 51.4 Å². The average molecular weight is 488 g/mol. The van der Waals surface area contributed by atoms with Gasteiger partial charge in [-0.3, -0.25) is 9.59 Å². The molecule has 0 spiro atoms. The fourth-order valence-corrected chi connectivity index (χ4v) is 3.07. The highest BCUT2D eigenvalue weighted by Gasteiger charge is 2.17. The Morgan fingerprint density at radius 2 is 1.54 bits per heavy atom. The molecule has 0 saturated heterocycles. The molecule has 0 saturated carbocycles. The third-order valence-corrected chi connectivity index (χ3v) is 4.61. The van der Waals surface area contributed by atoms with Crippen LogP contribution < -0.4 is 30.2 Å². The minimum atomic E-state index is -0.603. The number of hydrogen-bond donors (Lipinski definition) is 3. The summed E-state index contributed by atoms with van der Waals surface area (Å²) in [5, 5.41) is 8.16. The Bertz CT molecular complexity index is 1020. The molecular weight excluding hydrogens is 454 g/mol. The van der Waals surface area contributed by atoms with E-state index in [0.29, 0.717) is 28.5 Å². The average Bonchev–Trinajstić information content (AvgIpc) is 2.80. The van der Waals surface area contributed by atoms with Crippen molar-refractivity contribution in [2.24, 2.45) is 0 Å². The monoisotopic (exact) mass is 487 g/mol. The normalized spacial score (nSPS) is 10.7. The lowest BCUT2D eigenvalue weighted by Gasteiger charge is -2.19. The highest BCUT2D eigenvalue weighted by Crippen LogP contribution is 2.38. The van der Waals surface area contributed by atoms with Gasteiger partial charge in [-0.05, 0) is 50.6 Å². The van der Waals surface area contributed by atoms with E-state index in [-0.39, 0.29) is 31.3 Å². The van der Waals surface area contributed by atoms with E-state index < -0.39 is 11.7 Å². The van der Waals surface area contributed by atoms with Crippen molar-refractivity contribution >= 4 is 23.6 Å². The molecule has 0 aromatic heterocycles. The minimum Gasteiger partial charge on any atom is -0.493 e. The molecule has 0 radical (unpaired) electrons. The molecule has 0 aliphatic heterocycles. The van der Waals surface area contributed by atoms with Gasteiger partial charge in [-0.15, -0.1) is 0 Å². The zero-order chi connectivity index (χ0) is 26.0. The maximum absolute atomic E-state index is 12.7. The van der Waals surface area contributed by atoms with Crippen molar-refractivity contribution in [2.75, 3.05) is 33.2 Å². The van der Waals surface area contributed by atoms with Crippen LogP contribution >= 0.6 is 0 Å². The Morgan fingerprint density at radius 1 is 0.886 bits per heavy atom. The van der Waals surface area contributed by atoms with Crippen molar-refractivity contribution in [1.29, 1.82) is 0 Å². The summed E-state index contributed by atoms with van der Waals surface area (Å²) in [6.07, 6.45) is -0.489. The Balaban J connectivity index is 1.92. The number of ether oxygens (including phenoxy) is 4. The lowest BCUT2D eigenvalue weighted by molar-refractivity contribution is -0.116. The van der Waals surface area contributed by atoms with E-state index >= 15 is 0 Å². The van der Waals surface area contributed by atoms with Crippen LogP contribution in [0.5, 0.6) is 17.2 Å². The number of alkyl carbamates (subject to hydrolysis) is 1. The number of hydrogen-bond acceptors (Lipinski definition) is 7. The number of carbonyl (C=O) groups is 3. The molecule has 0 aliphatic carbocycles. The Labute approximate surface area is 205 Å². The first-order chi connectivity index (χ1) is 16.6. The van der Waals surface area contributed by atoms with Crippen molar-refractivity contribution in [3.05, 3.63) is 47.5 Å². The van der Waals surface area contributed by atoms with E-state index in [0.717, 1.165) is 5.56 Å². The van der Waals surface area contributed by atoms with Crippen LogP contribution in [0.25, 0.3) is 0 Å². The van der Waals surface area contributed by atoms with E-state index in [1.165, 1.54) is 21.3 Å². The zero-order valence-electron chi connectivity index (χ0n) is 20.9. The molecule has 0 bridgehead atoms. The fourth-order valence-electron chi connectivity index (χ4n) is 3.07. The van der Waals surface area contributed by atoms with Crippen molar-refractivity contribution < 1.29 is 33.3 Å². The topological polar surface area (TPSA) is 124 Å². The van der Waals surface area contributed by atoms with Gasteiger partial charge < -0.3 is 34.9 Å². The van der Waals surface area contributed by atoms with Crippen LogP contribution in [-0.2, 0) is 16.1 Å². The maximum Gasteiger partial charge on any atom is 0.407 e. The van der Waals surface area contributed by atoms with Gasteiger partial charge in [-0.2, -0.15) is 0 Å². The second-order valence-corrected chi connectivity index (χ2v) is 8.52. The summed E-state index contributed by atoms with van der Waals surface area (Å²) in [7, 11) is 4.45. The summed E-state index contributed by atoms with van der Waals surface area (Å²) in [5.41, 5.74) is 1.11. The van der Waals surface area contributed by atoms with Crippen LogP contribution in [0.2, 0.25) is 0 Å². The van der Waals surface area contributed by atoms with Crippen LogP contribution in [0.1, 0.15) is 43.1 Å². The van der Waals surface area contributed by atoms with Gasteiger partial charge >= 0.3 is 6.09 Å². The quantitative estimate of drug-likeness (QED) is 0.469. The number of rotatable bonds is 10. The molecule has 35 heavy (non-hydrogen) atoms. The van der Waals surface area contributed by atoms with Gasteiger partial charge in [0.2, 0.25) is 11.7 Å². The van der Waals surface area contributed by atoms with Crippen LogP contribution in [0.15, 0.2) is 36.4 Å². The van der Waals surface area contributed by atoms with Gasteiger partial charge in [0.05, 0.1) is 21.3 Å². The molecule has 10 heteroatoms. The molecule has 0 fully saturated rings. The molecule has 0 atom stereocenters. The number of benzene rings is 2. The van der Waals surface area contributed by atoms with Gasteiger partial charge in [-0.1, -0.05) is 12.1 Å². The second-order valence-electron chi connectivity index (χ2n) is 8.52. The Hall–Kier alpha value is -3.95. The van der Waals surface area contributed by atoms with Gasteiger partial charge in [-0.25, -0.2) is 4.79 Å². The third kappa shape index (κ3) is 8.73. The van der Waals surface area contributed by atoms with Crippen molar-refractivity contribution in [3.63, 3.8) is 0 Å². The van der Waals surface area contributed by atoms with Gasteiger partial charge in [0.1, 0.15) is 5.60 Å². The summed E-state index contributed by atoms with van der Waals surface area (Å²) in [4.78, 5) is 36.6. The molecular formula is C25H33N3O7. The molecule has 2 aromatic rings. The van der Waals surface area contributed by atoms with Crippen LogP contribution in [0.3, 0.4) is 0 Å². The SMILES string of the molecule is COc1cc(C(=O)NCc2cccc(NC(=O)CCNC(=O)OC(C)(C)C)c2)cc(OC)c1OC. The van der Waals surface area contributed by atoms with E-state index in [9.17, 15) is 14.4 Å². The largest absolute Gasteiger partial charge is 0.493 e. The van der Waals surface area contributed by atoms with Gasteiger partial charge in [0.15, 0.2) is 11.5 Å². The first-order valence-corrected chi connectivity index (χ1v) is 11.0. The van der Waals surface area contributed by atoms with Crippen molar-refractivity contribution in [3.8, 4) is 17.2 Å². The third-order valence-electron chi connectivity index (χ3n) is 4.61. The van der Waals surface area contributed by atoms with Crippen molar-refractivity contribution in [1.82, 2.24) is 10.6 Å². The van der Waals surface area contributed by atoms with E-state index in [4.69, 9.17) is 18.9 Å². The first-order valence-electron chi connectivity index (χ1n) is 11.0.